The second kappa shape index (κ2) is 6.14. The van der Waals surface area contributed by atoms with Crippen LogP contribution in [0.1, 0.15) is 25.7 Å². The van der Waals surface area contributed by atoms with Crippen molar-refractivity contribution in [2.75, 3.05) is 25.1 Å². The van der Waals surface area contributed by atoms with Gasteiger partial charge in [-0.1, -0.05) is 11.6 Å². The molecule has 5 nitrogen and oxygen atoms in total. The SMILES string of the molecule is O=c1c(NCCOCC2CC2)c(Cl)cnn1CC1CC1. The topological polar surface area (TPSA) is 56.1 Å². The molecule has 3 rings (SSSR count). The monoisotopic (exact) mass is 297 g/mol. The molecular weight excluding hydrogens is 278 g/mol. The third-order valence-corrected chi connectivity index (χ3v) is 4.01. The number of nitrogens with zero attached hydrogens (tertiary/aromatic N) is 2. The Hall–Kier alpha value is -1.07. The van der Waals surface area contributed by atoms with E-state index in [1.54, 1.807) is 6.20 Å². The Morgan fingerprint density at radius 2 is 2.10 bits per heavy atom. The first-order chi connectivity index (χ1) is 9.74. The van der Waals surface area contributed by atoms with Gasteiger partial charge in [0.05, 0.1) is 17.8 Å². The van der Waals surface area contributed by atoms with E-state index in [2.05, 4.69) is 10.4 Å². The Morgan fingerprint density at radius 1 is 1.35 bits per heavy atom. The number of ether oxygens (including phenoxy) is 1. The summed E-state index contributed by atoms with van der Waals surface area (Å²) in [5.41, 5.74) is 0.309. The molecule has 0 saturated heterocycles. The lowest BCUT2D eigenvalue weighted by atomic mass is 10.4. The van der Waals surface area contributed by atoms with Gasteiger partial charge in [-0.15, -0.1) is 0 Å². The van der Waals surface area contributed by atoms with Crippen LogP contribution in [0, 0.1) is 11.8 Å². The summed E-state index contributed by atoms with van der Waals surface area (Å²) >= 11 is 6.05. The average molecular weight is 298 g/mol. The second-order valence-electron chi connectivity index (χ2n) is 5.74. The third-order valence-electron chi connectivity index (χ3n) is 3.72. The fraction of sp³-hybridized carbons (Fsp3) is 0.714. The molecule has 0 aliphatic heterocycles. The molecular formula is C14H20ClN3O2. The van der Waals surface area contributed by atoms with Gasteiger partial charge in [0.1, 0.15) is 5.69 Å². The first-order valence-corrected chi connectivity index (χ1v) is 7.69. The van der Waals surface area contributed by atoms with E-state index in [4.69, 9.17) is 16.3 Å². The lowest BCUT2D eigenvalue weighted by Crippen LogP contribution is -2.27. The fourth-order valence-corrected chi connectivity index (χ4v) is 2.28. The molecule has 2 aliphatic carbocycles. The Morgan fingerprint density at radius 3 is 2.80 bits per heavy atom. The van der Waals surface area contributed by atoms with E-state index in [1.807, 2.05) is 0 Å². The lowest BCUT2D eigenvalue weighted by molar-refractivity contribution is 0.134. The average Bonchev–Trinajstić information content (AvgIpc) is 3.31. The molecule has 1 heterocycles. The molecule has 1 aromatic rings. The van der Waals surface area contributed by atoms with Gasteiger partial charge in [-0.2, -0.15) is 5.10 Å². The highest BCUT2D eigenvalue weighted by Crippen LogP contribution is 2.30. The van der Waals surface area contributed by atoms with Crippen molar-refractivity contribution in [1.82, 2.24) is 9.78 Å². The molecule has 2 aliphatic rings. The van der Waals surface area contributed by atoms with Crippen molar-refractivity contribution < 1.29 is 4.74 Å². The van der Waals surface area contributed by atoms with Crippen LogP contribution >= 0.6 is 11.6 Å². The van der Waals surface area contributed by atoms with Crippen LogP contribution in [-0.2, 0) is 11.3 Å². The van der Waals surface area contributed by atoms with Crippen LogP contribution in [0.3, 0.4) is 0 Å². The number of nitrogens with one attached hydrogen (secondary N) is 1. The molecule has 2 saturated carbocycles. The molecule has 20 heavy (non-hydrogen) atoms. The highest BCUT2D eigenvalue weighted by atomic mass is 35.5. The Labute approximate surface area is 123 Å². The summed E-state index contributed by atoms with van der Waals surface area (Å²) in [6.07, 6.45) is 6.49. The van der Waals surface area contributed by atoms with Crippen LogP contribution in [0.2, 0.25) is 5.02 Å². The van der Waals surface area contributed by atoms with Gasteiger partial charge in [0.15, 0.2) is 0 Å². The van der Waals surface area contributed by atoms with Crippen molar-refractivity contribution in [3.8, 4) is 0 Å². The first-order valence-electron chi connectivity index (χ1n) is 7.31. The molecule has 0 aromatic carbocycles. The maximum Gasteiger partial charge on any atom is 0.291 e. The largest absolute Gasteiger partial charge is 0.379 e. The van der Waals surface area contributed by atoms with Crippen LogP contribution in [0.15, 0.2) is 11.0 Å². The second-order valence-corrected chi connectivity index (χ2v) is 6.15. The van der Waals surface area contributed by atoms with Gasteiger partial charge in [0.2, 0.25) is 0 Å². The molecule has 110 valence electrons. The van der Waals surface area contributed by atoms with Crippen molar-refractivity contribution in [2.45, 2.75) is 32.2 Å². The summed E-state index contributed by atoms with van der Waals surface area (Å²) in [5.74, 6) is 1.37. The molecule has 1 N–H and O–H groups in total. The maximum atomic E-state index is 12.2. The number of halogens is 1. The number of hydrogen-bond donors (Lipinski definition) is 1. The van der Waals surface area contributed by atoms with Crippen molar-refractivity contribution in [2.24, 2.45) is 11.8 Å². The Kier molecular flexibility index (Phi) is 4.27. The zero-order chi connectivity index (χ0) is 13.9. The van der Waals surface area contributed by atoms with E-state index >= 15 is 0 Å². The quantitative estimate of drug-likeness (QED) is 0.747. The van der Waals surface area contributed by atoms with Gasteiger partial charge in [-0.05, 0) is 37.5 Å². The van der Waals surface area contributed by atoms with Gasteiger partial charge in [0, 0.05) is 19.7 Å². The Balaban J connectivity index is 1.54. The van der Waals surface area contributed by atoms with Crippen molar-refractivity contribution >= 4 is 17.3 Å². The van der Waals surface area contributed by atoms with Crippen LogP contribution in [0.4, 0.5) is 5.69 Å². The maximum absolute atomic E-state index is 12.2. The Bertz CT molecular complexity index is 524. The number of aromatic nitrogens is 2. The predicted octanol–water partition coefficient (Wildman–Crippen LogP) is 2.15. The van der Waals surface area contributed by atoms with E-state index in [1.165, 1.54) is 30.4 Å². The van der Waals surface area contributed by atoms with Gasteiger partial charge in [-0.25, -0.2) is 4.68 Å². The van der Waals surface area contributed by atoms with Gasteiger partial charge < -0.3 is 10.1 Å². The minimum absolute atomic E-state index is 0.133. The molecule has 1 aromatic heterocycles. The van der Waals surface area contributed by atoms with Crippen molar-refractivity contribution in [3.05, 3.63) is 21.6 Å². The summed E-state index contributed by atoms with van der Waals surface area (Å²) in [4.78, 5) is 12.2. The molecule has 0 amide bonds. The zero-order valence-electron chi connectivity index (χ0n) is 11.5. The molecule has 0 atom stereocenters. The molecule has 0 bridgehead atoms. The third kappa shape index (κ3) is 3.73. The van der Waals surface area contributed by atoms with Gasteiger partial charge in [-0.3, -0.25) is 4.79 Å². The smallest absolute Gasteiger partial charge is 0.291 e. The van der Waals surface area contributed by atoms with Gasteiger partial charge >= 0.3 is 0 Å². The minimum atomic E-state index is -0.133. The van der Waals surface area contributed by atoms with E-state index in [0.717, 1.165) is 12.5 Å². The van der Waals surface area contributed by atoms with Crippen LogP contribution in [0.5, 0.6) is 0 Å². The van der Waals surface area contributed by atoms with Crippen LogP contribution in [-0.4, -0.2) is 29.5 Å². The normalized spacial score (nSPS) is 18.2. The summed E-state index contributed by atoms with van der Waals surface area (Å²) in [6.45, 7) is 2.72. The first kappa shape index (κ1) is 13.9. The molecule has 0 radical (unpaired) electrons. The van der Waals surface area contributed by atoms with E-state index in [-0.39, 0.29) is 5.56 Å². The van der Waals surface area contributed by atoms with E-state index in [0.29, 0.717) is 36.3 Å². The van der Waals surface area contributed by atoms with E-state index < -0.39 is 0 Å². The van der Waals surface area contributed by atoms with Gasteiger partial charge in [0.25, 0.3) is 5.56 Å². The number of hydrogen-bond acceptors (Lipinski definition) is 4. The molecule has 2 fully saturated rings. The number of anilines is 1. The summed E-state index contributed by atoms with van der Waals surface area (Å²) in [5, 5.41) is 7.55. The summed E-state index contributed by atoms with van der Waals surface area (Å²) in [6, 6.07) is 0. The van der Waals surface area contributed by atoms with Crippen molar-refractivity contribution in [3.63, 3.8) is 0 Å². The standard InChI is InChI=1S/C14H20ClN3O2/c15-12-7-17-18(8-10-1-2-10)14(19)13(12)16-5-6-20-9-11-3-4-11/h7,10-11,16H,1-6,8-9H2. The summed E-state index contributed by atoms with van der Waals surface area (Å²) in [7, 11) is 0. The number of rotatable bonds is 8. The van der Waals surface area contributed by atoms with Crippen LogP contribution < -0.4 is 10.9 Å². The molecule has 6 heteroatoms. The molecule has 0 spiro atoms. The minimum Gasteiger partial charge on any atom is -0.379 e. The fourth-order valence-electron chi connectivity index (χ4n) is 2.09. The highest BCUT2D eigenvalue weighted by molar-refractivity contribution is 6.32. The predicted molar refractivity (Wildman–Crippen MR) is 78.3 cm³/mol. The lowest BCUT2D eigenvalue weighted by Gasteiger charge is -2.10. The molecule has 0 unspecified atom stereocenters. The summed E-state index contributed by atoms with van der Waals surface area (Å²) < 4.78 is 7.04. The van der Waals surface area contributed by atoms with E-state index in [9.17, 15) is 4.79 Å². The highest BCUT2D eigenvalue weighted by Gasteiger charge is 2.23. The zero-order valence-corrected chi connectivity index (χ0v) is 12.2. The van der Waals surface area contributed by atoms with Crippen LogP contribution in [0.25, 0.3) is 0 Å². The van der Waals surface area contributed by atoms with Crippen molar-refractivity contribution in [1.29, 1.82) is 0 Å².